The quantitative estimate of drug-likeness (QED) is 0.630. The lowest BCUT2D eigenvalue weighted by Gasteiger charge is -2.31. The van der Waals surface area contributed by atoms with Crippen LogP contribution in [0.2, 0.25) is 0 Å². The Labute approximate surface area is 160 Å². The largest absolute Gasteiger partial charge is 0.338 e. The molecule has 1 aromatic carbocycles. The highest BCUT2D eigenvalue weighted by atomic mass is 16.2. The van der Waals surface area contributed by atoms with Crippen molar-refractivity contribution in [3.8, 4) is 0 Å². The van der Waals surface area contributed by atoms with Crippen molar-refractivity contribution >= 4 is 11.8 Å². The van der Waals surface area contributed by atoms with Crippen LogP contribution in [-0.4, -0.2) is 45.9 Å². The number of aromatic nitrogens is 2. The molecular weight excluding hydrogens is 340 g/mol. The molecule has 144 valence electrons. The van der Waals surface area contributed by atoms with E-state index >= 15 is 0 Å². The Morgan fingerprint density at radius 2 is 2.19 bits per heavy atom. The minimum Gasteiger partial charge on any atom is -0.338 e. The summed E-state index contributed by atoms with van der Waals surface area (Å²) in [6, 6.07) is 8.38. The maximum atomic E-state index is 12.7. The summed E-state index contributed by atoms with van der Waals surface area (Å²) in [6.45, 7) is 3.90. The number of piperidine rings is 1. The van der Waals surface area contributed by atoms with Crippen molar-refractivity contribution in [2.75, 3.05) is 19.6 Å². The van der Waals surface area contributed by atoms with Gasteiger partial charge in [-0.1, -0.05) is 29.8 Å². The Kier molecular flexibility index (Phi) is 6.27. The van der Waals surface area contributed by atoms with Crippen molar-refractivity contribution in [3.05, 3.63) is 53.6 Å². The summed E-state index contributed by atoms with van der Waals surface area (Å²) in [6.07, 6.45) is 6.91. The molecular formula is C21H28N4O2. The summed E-state index contributed by atoms with van der Waals surface area (Å²) in [4.78, 5) is 31.0. The number of Topliss-reactive ketones (excluding diaryl/α,β-unsaturated/α-hetero) is 1. The predicted molar refractivity (Wildman–Crippen MR) is 105 cm³/mol. The molecule has 1 fully saturated rings. The molecule has 1 N–H and O–H groups in total. The topological polar surface area (TPSA) is 67.2 Å². The molecule has 3 rings (SSSR count). The summed E-state index contributed by atoms with van der Waals surface area (Å²) >= 11 is 0. The molecule has 0 radical (unpaired) electrons. The molecule has 1 saturated heterocycles. The number of nitrogens with zero attached hydrogens (tertiary/aromatic N) is 3. The number of amides is 2. The van der Waals surface area contributed by atoms with Gasteiger partial charge in [-0.25, -0.2) is 9.78 Å². The van der Waals surface area contributed by atoms with E-state index in [1.807, 2.05) is 7.05 Å². The molecule has 1 aliphatic heterocycles. The number of imidazole rings is 1. The van der Waals surface area contributed by atoms with E-state index < -0.39 is 0 Å². The number of hydrogen-bond donors (Lipinski definition) is 1. The molecule has 0 unspecified atom stereocenters. The molecule has 0 saturated carbocycles. The number of carbonyl (C=O) groups is 2. The Bertz CT molecular complexity index is 799. The molecule has 27 heavy (non-hydrogen) atoms. The van der Waals surface area contributed by atoms with Gasteiger partial charge >= 0.3 is 6.03 Å². The van der Waals surface area contributed by atoms with Crippen LogP contribution in [0.3, 0.4) is 0 Å². The molecule has 2 aromatic rings. The van der Waals surface area contributed by atoms with Gasteiger partial charge in [0.15, 0.2) is 5.82 Å². The fourth-order valence-electron chi connectivity index (χ4n) is 3.63. The van der Waals surface area contributed by atoms with Crippen LogP contribution in [0.25, 0.3) is 0 Å². The van der Waals surface area contributed by atoms with E-state index in [1.165, 1.54) is 11.1 Å². The van der Waals surface area contributed by atoms with E-state index in [2.05, 4.69) is 41.5 Å². The first-order chi connectivity index (χ1) is 13.0. The van der Waals surface area contributed by atoms with Crippen LogP contribution >= 0.6 is 0 Å². The van der Waals surface area contributed by atoms with E-state index in [9.17, 15) is 9.59 Å². The van der Waals surface area contributed by atoms with Gasteiger partial charge in [0.05, 0.1) is 0 Å². The highest BCUT2D eigenvalue weighted by Gasteiger charge is 2.30. The van der Waals surface area contributed by atoms with Crippen LogP contribution in [0, 0.1) is 12.8 Å². The molecule has 1 aromatic heterocycles. The van der Waals surface area contributed by atoms with E-state index in [-0.39, 0.29) is 17.7 Å². The molecule has 1 atom stereocenters. The Balaban J connectivity index is 1.45. The van der Waals surface area contributed by atoms with Crippen molar-refractivity contribution in [1.82, 2.24) is 19.8 Å². The summed E-state index contributed by atoms with van der Waals surface area (Å²) in [7, 11) is 1.82. The fraction of sp³-hybridized carbons (Fsp3) is 0.476. The predicted octanol–water partition coefficient (Wildman–Crippen LogP) is 2.97. The molecule has 1 aliphatic rings. The van der Waals surface area contributed by atoms with Crippen LogP contribution in [0.15, 0.2) is 36.7 Å². The van der Waals surface area contributed by atoms with Crippen molar-refractivity contribution < 1.29 is 9.59 Å². The second-order valence-corrected chi connectivity index (χ2v) is 7.34. The smallest absolute Gasteiger partial charge is 0.317 e. The van der Waals surface area contributed by atoms with Crippen molar-refractivity contribution in [2.24, 2.45) is 13.0 Å². The number of nitrogens with one attached hydrogen (secondary N) is 1. The Morgan fingerprint density at radius 1 is 1.33 bits per heavy atom. The minimum atomic E-state index is -0.169. The van der Waals surface area contributed by atoms with Gasteiger partial charge in [-0.2, -0.15) is 0 Å². The van der Waals surface area contributed by atoms with Gasteiger partial charge in [0.1, 0.15) is 0 Å². The molecule has 2 heterocycles. The number of likely N-dealkylation sites (tertiary alicyclic amines) is 1. The third-order valence-corrected chi connectivity index (χ3v) is 5.12. The SMILES string of the molecule is Cc1cccc(CCCNC(=O)N2CCC[C@H](C(=O)c3nccn3C)C2)c1. The van der Waals surface area contributed by atoms with E-state index in [0.717, 1.165) is 25.7 Å². The van der Waals surface area contributed by atoms with Crippen LogP contribution in [0.1, 0.15) is 41.0 Å². The Morgan fingerprint density at radius 3 is 2.93 bits per heavy atom. The number of benzene rings is 1. The third-order valence-electron chi connectivity index (χ3n) is 5.12. The summed E-state index contributed by atoms with van der Waals surface area (Å²) < 4.78 is 1.74. The summed E-state index contributed by atoms with van der Waals surface area (Å²) in [5, 5.41) is 3.00. The highest BCUT2D eigenvalue weighted by Crippen LogP contribution is 2.20. The third kappa shape index (κ3) is 4.96. The highest BCUT2D eigenvalue weighted by molar-refractivity contribution is 5.95. The molecule has 6 nitrogen and oxygen atoms in total. The number of carbonyl (C=O) groups excluding carboxylic acids is 2. The van der Waals surface area contributed by atoms with E-state index in [1.54, 1.807) is 21.9 Å². The average Bonchev–Trinajstić information content (AvgIpc) is 3.10. The van der Waals surface area contributed by atoms with Crippen LogP contribution in [-0.2, 0) is 13.5 Å². The first kappa shape index (κ1) is 19.1. The van der Waals surface area contributed by atoms with Crippen molar-refractivity contribution in [2.45, 2.75) is 32.6 Å². The lowest BCUT2D eigenvalue weighted by molar-refractivity contribution is 0.0832. The fourth-order valence-corrected chi connectivity index (χ4v) is 3.63. The zero-order chi connectivity index (χ0) is 19.2. The Hall–Kier alpha value is -2.63. The second-order valence-electron chi connectivity index (χ2n) is 7.34. The van der Waals surface area contributed by atoms with Crippen LogP contribution in [0.5, 0.6) is 0 Å². The zero-order valence-electron chi connectivity index (χ0n) is 16.1. The van der Waals surface area contributed by atoms with Gasteiger partial charge in [-0.3, -0.25) is 4.79 Å². The number of hydrogen-bond acceptors (Lipinski definition) is 3. The van der Waals surface area contributed by atoms with Gasteiger partial charge in [0, 0.05) is 45.0 Å². The number of aryl methyl sites for hydroxylation is 3. The number of urea groups is 1. The average molecular weight is 368 g/mol. The normalized spacial score (nSPS) is 17.0. The second kappa shape index (κ2) is 8.84. The van der Waals surface area contributed by atoms with Gasteiger partial charge in [0.25, 0.3) is 0 Å². The monoisotopic (exact) mass is 368 g/mol. The molecule has 6 heteroatoms. The zero-order valence-corrected chi connectivity index (χ0v) is 16.1. The first-order valence-corrected chi connectivity index (χ1v) is 9.64. The minimum absolute atomic E-state index is 0.0273. The first-order valence-electron chi connectivity index (χ1n) is 9.64. The lowest BCUT2D eigenvalue weighted by atomic mass is 9.93. The van der Waals surface area contributed by atoms with Crippen molar-refractivity contribution in [1.29, 1.82) is 0 Å². The lowest BCUT2D eigenvalue weighted by Crippen LogP contribution is -2.47. The van der Waals surface area contributed by atoms with Gasteiger partial charge < -0.3 is 14.8 Å². The van der Waals surface area contributed by atoms with E-state index in [0.29, 0.717) is 25.5 Å². The molecule has 0 aliphatic carbocycles. The summed E-state index contributed by atoms with van der Waals surface area (Å²) in [5.41, 5.74) is 2.55. The molecule has 2 amide bonds. The van der Waals surface area contributed by atoms with Crippen LogP contribution < -0.4 is 5.32 Å². The maximum absolute atomic E-state index is 12.7. The number of rotatable bonds is 6. The van der Waals surface area contributed by atoms with E-state index in [4.69, 9.17) is 0 Å². The molecule has 0 spiro atoms. The van der Waals surface area contributed by atoms with Crippen LogP contribution in [0.4, 0.5) is 4.79 Å². The standard InChI is InChI=1S/C21H28N4O2/c1-16-6-3-7-17(14-16)8-4-10-23-21(27)25-12-5-9-18(15-25)19(26)20-22-11-13-24(20)2/h3,6-7,11,13-14,18H,4-5,8-10,12,15H2,1-2H3,(H,23,27)/t18-/m0/s1. The van der Waals surface area contributed by atoms with Gasteiger partial charge in [0.2, 0.25) is 5.78 Å². The van der Waals surface area contributed by atoms with Crippen molar-refractivity contribution in [3.63, 3.8) is 0 Å². The van der Waals surface area contributed by atoms with Gasteiger partial charge in [-0.15, -0.1) is 0 Å². The number of ketones is 1. The summed E-state index contributed by atoms with van der Waals surface area (Å²) in [5.74, 6) is 0.331. The van der Waals surface area contributed by atoms with Gasteiger partial charge in [-0.05, 0) is 38.2 Å². The molecule has 0 bridgehead atoms. The maximum Gasteiger partial charge on any atom is 0.317 e.